The van der Waals surface area contributed by atoms with Crippen LogP contribution in [0.2, 0.25) is 0 Å². The van der Waals surface area contributed by atoms with Gasteiger partial charge in [0, 0.05) is 5.92 Å². The SMILES string of the molecule is CCCNCC1CCC1c1occc1Br. The van der Waals surface area contributed by atoms with Crippen LogP contribution < -0.4 is 5.32 Å². The highest BCUT2D eigenvalue weighted by Gasteiger charge is 2.34. The van der Waals surface area contributed by atoms with E-state index in [9.17, 15) is 0 Å². The van der Waals surface area contributed by atoms with Gasteiger partial charge in [0.25, 0.3) is 0 Å². The monoisotopic (exact) mass is 271 g/mol. The molecule has 1 aromatic rings. The van der Waals surface area contributed by atoms with Crippen molar-refractivity contribution in [1.29, 1.82) is 0 Å². The molecule has 2 rings (SSSR count). The minimum Gasteiger partial charge on any atom is -0.468 e. The first-order chi connectivity index (χ1) is 7.33. The Bertz CT molecular complexity index is 310. The van der Waals surface area contributed by atoms with Crippen molar-refractivity contribution in [3.8, 4) is 0 Å². The summed E-state index contributed by atoms with van der Waals surface area (Å²) in [5, 5.41) is 3.49. The molecule has 1 aliphatic carbocycles. The third kappa shape index (κ3) is 2.45. The molecule has 1 aliphatic rings. The molecular formula is C12H18BrNO. The number of hydrogen-bond acceptors (Lipinski definition) is 2. The van der Waals surface area contributed by atoms with Crippen molar-refractivity contribution in [2.45, 2.75) is 32.1 Å². The molecule has 0 aromatic carbocycles. The van der Waals surface area contributed by atoms with Gasteiger partial charge in [-0.2, -0.15) is 0 Å². The van der Waals surface area contributed by atoms with Gasteiger partial charge in [0.2, 0.25) is 0 Å². The summed E-state index contributed by atoms with van der Waals surface area (Å²) < 4.78 is 6.66. The lowest BCUT2D eigenvalue weighted by Crippen LogP contribution is -2.34. The van der Waals surface area contributed by atoms with E-state index >= 15 is 0 Å². The highest BCUT2D eigenvalue weighted by molar-refractivity contribution is 9.10. The molecular weight excluding hydrogens is 254 g/mol. The number of nitrogens with one attached hydrogen (secondary N) is 1. The molecule has 0 amide bonds. The van der Waals surface area contributed by atoms with Crippen molar-refractivity contribution in [3.05, 3.63) is 22.6 Å². The molecule has 1 fully saturated rings. The highest BCUT2D eigenvalue weighted by Crippen LogP contribution is 2.44. The second-order valence-corrected chi connectivity index (χ2v) is 5.14. The topological polar surface area (TPSA) is 25.2 Å². The van der Waals surface area contributed by atoms with Crippen LogP contribution in [0.15, 0.2) is 21.2 Å². The van der Waals surface area contributed by atoms with Crippen molar-refractivity contribution >= 4 is 15.9 Å². The second kappa shape index (κ2) is 5.17. The maximum Gasteiger partial charge on any atom is 0.121 e. The Morgan fingerprint density at radius 2 is 2.40 bits per heavy atom. The summed E-state index contributed by atoms with van der Waals surface area (Å²) in [6, 6.07) is 1.99. The van der Waals surface area contributed by atoms with Crippen LogP contribution in [0.4, 0.5) is 0 Å². The summed E-state index contributed by atoms with van der Waals surface area (Å²) in [4.78, 5) is 0. The Kier molecular flexibility index (Phi) is 3.87. The predicted octanol–water partition coefficient (Wildman–Crippen LogP) is 3.54. The average molecular weight is 272 g/mol. The van der Waals surface area contributed by atoms with Gasteiger partial charge in [-0.3, -0.25) is 0 Å². The largest absolute Gasteiger partial charge is 0.468 e. The molecule has 1 N–H and O–H groups in total. The molecule has 0 bridgehead atoms. The summed E-state index contributed by atoms with van der Waals surface area (Å²) in [5.41, 5.74) is 0. The minimum absolute atomic E-state index is 0.624. The summed E-state index contributed by atoms with van der Waals surface area (Å²) in [6.45, 7) is 4.46. The summed E-state index contributed by atoms with van der Waals surface area (Å²) in [6.07, 6.45) is 5.58. The van der Waals surface area contributed by atoms with Crippen LogP contribution in [0.1, 0.15) is 37.9 Å². The highest BCUT2D eigenvalue weighted by atomic mass is 79.9. The lowest BCUT2D eigenvalue weighted by molar-refractivity contribution is 0.215. The van der Waals surface area contributed by atoms with Crippen molar-refractivity contribution < 1.29 is 4.42 Å². The van der Waals surface area contributed by atoms with E-state index in [1.165, 1.54) is 19.3 Å². The summed E-state index contributed by atoms with van der Waals surface area (Å²) >= 11 is 3.54. The third-order valence-electron chi connectivity index (χ3n) is 3.23. The molecule has 0 radical (unpaired) electrons. The van der Waals surface area contributed by atoms with Crippen molar-refractivity contribution in [3.63, 3.8) is 0 Å². The van der Waals surface area contributed by atoms with Gasteiger partial charge in [0.1, 0.15) is 5.76 Å². The zero-order valence-electron chi connectivity index (χ0n) is 9.13. The Hall–Kier alpha value is -0.280. The van der Waals surface area contributed by atoms with Gasteiger partial charge < -0.3 is 9.73 Å². The van der Waals surface area contributed by atoms with E-state index < -0.39 is 0 Å². The first-order valence-corrected chi connectivity index (χ1v) is 6.55. The van der Waals surface area contributed by atoms with Crippen LogP contribution in [0.3, 0.4) is 0 Å². The maximum absolute atomic E-state index is 5.53. The van der Waals surface area contributed by atoms with E-state index in [2.05, 4.69) is 28.2 Å². The van der Waals surface area contributed by atoms with Gasteiger partial charge in [0.05, 0.1) is 10.7 Å². The van der Waals surface area contributed by atoms with Crippen molar-refractivity contribution in [2.75, 3.05) is 13.1 Å². The third-order valence-corrected chi connectivity index (χ3v) is 3.89. The number of rotatable bonds is 5. The van der Waals surface area contributed by atoms with E-state index in [4.69, 9.17) is 4.42 Å². The number of hydrogen-bond donors (Lipinski definition) is 1. The molecule has 1 saturated carbocycles. The normalized spacial score (nSPS) is 25.2. The molecule has 0 saturated heterocycles. The predicted molar refractivity (Wildman–Crippen MR) is 65.0 cm³/mol. The molecule has 2 unspecified atom stereocenters. The van der Waals surface area contributed by atoms with Gasteiger partial charge in [-0.15, -0.1) is 0 Å². The van der Waals surface area contributed by atoms with Gasteiger partial charge >= 0.3 is 0 Å². The average Bonchev–Trinajstić information content (AvgIpc) is 2.58. The van der Waals surface area contributed by atoms with Gasteiger partial charge in [-0.1, -0.05) is 6.92 Å². The molecule has 2 atom stereocenters. The lowest BCUT2D eigenvalue weighted by atomic mass is 9.72. The molecule has 0 aliphatic heterocycles. The smallest absolute Gasteiger partial charge is 0.121 e. The molecule has 2 nitrogen and oxygen atoms in total. The minimum atomic E-state index is 0.624. The van der Waals surface area contributed by atoms with Crippen LogP contribution in [-0.4, -0.2) is 13.1 Å². The Labute approximate surface area is 99.6 Å². The van der Waals surface area contributed by atoms with E-state index in [0.717, 1.165) is 29.2 Å². The van der Waals surface area contributed by atoms with Crippen LogP contribution >= 0.6 is 15.9 Å². The molecule has 1 aromatic heterocycles. The van der Waals surface area contributed by atoms with Crippen molar-refractivity contribution in [2.24, 2.45) is 5.92 Å². The fraction of sp³-hybridized carbons (Fsp3) is 0.667. The van der Waals surface area contributed by atoms with Crippen LogP contribution in [0.5, 0.6) is 0 Å². The number of halogens is 1. The standard InChI is InChI=1S/C12H18BrNO/c1-2-6-14-8-9-3-4-10(9)12-11(13)5-7-15-12/h5,7,9-10,14H,2-4,6,8H2,1H3. The second-order valence-electron chi connectivity index (χ2n) is 4.28. The number of furan rings is 1. The van der Waals surface area contributed by atoms with Gasteiger partial charge in [-0.25, -0.2) is 0 Å². The first-order valence-electron chi connectivity index (χ1n) is 5.76. The van der Waals surface area contributed by atoms with Crippen LogP contribution in [-0.2, 0) is 0 Å². The van der Waals surface area contributed by atoms with E-state index in [1.807, 2.05) is 6.07 Å². The quantitative estimate of drug-likeness (QED) is 0.829. The maximum atomic E-state index is 5.53. The van der Waals surface area contributed by atoms with Gasteiger partial charge in [0.15, 0.2) is 0 Å². The van der Waals surface area contributed by atoms with Crippen LogP contribution in [0, 0.1) is 5.92 Å². The molecule has 3 heteroatoms. The zero-order chi connectivity index (χ0) is 10.7. The van der Waals surface area contributed by atoms with E-state index in [-0.39, 0.29) is 0 Å². The first kappa shape index (κ1) is 11.2. The fourth-order valence-corrected chi connectivity index (χ4v) is 2.69. The molecule has 15 heavy (non-hydrogen) atoms. The van der Waals surface area contributed by atoms with E-state index in [0.29, 0.717) is 5.92 Å². The molecule has 0 spiro atoms. The molecule has 1 heterocycles. The molecule has 84 valence electrons. The fourth-order valence-electron chi connectivity index (χ4n) is 2.19. The summed E-state index contributed by atoms with van der Waals surface area (Å²) in [5.74, 6) is 2.53. The summed E-state index contributed by atoms with van der Waals surface area (Å²) in [7, 11) is 0. The Morgan fingerprint density at radius 1 is 1.53 bits per heavy atom. The Morgan fingerprint density at radius 3 is 2.93 bits per heavy atom. The van der Waals surface area contributed by atoms with E-state index in [1.54, 1.807) is 6.26 Å². The van der Waals surface area contributed by atoms with Gasteiger partial charge in [-0.05, 0) is 60.3 Å². The van der Waals surface area contributed by atoms with Crippen molar-refractivity contribution in [1.82, 2.24) is 5.32 Å². The van der Waals surface area contributed by atoms with Crippen LogP contribution in [0.25, 0.3) is 0 Å². The Balaban J connectivity index is 1.87. The lowest BCUT2D eigenvalue weighted by Gasteiger charge is -2.35. The zero-order valence-corrected chi connectivity index (χ0v) is 10.7.